The molecule has 4 aromatic rings. The van der Waals surface area contributed by atoms with Gasteiger partial charge in [-0.3, -0.25) is 4.79 Å². The van der Waals surface area contributed by atoms with Gasteiger partial charge in [0.05, 0.1) is 18.5 Å². The Morgan fingerprint density at radius 1 is 0.968 bits per heavy atom. The molecule has 154 valence electrons. The van der Waals surface area contributed by atoms with Gasteiger partial charge in [-0.25, -0.2) is 4.68 Å². The normalized spacial score (nSPS) is 10.9. The third-order valence-electron chi connectivity index (χ3n) is 4.86. The topological polar surface area (TPSA) is 56.2 Å². The van der Waals surface area contributed by atoms with Crippen molar-refractivity contribution in [1.82, 2.24) is 9.78 Å². The van der Waals surface area contributed by atoms with Crippen LogP contribution in [0.25, 0.3) is 23.0 Å². The Kier molecular flexibility index (Phi) is 5.94. The first-order valence-electron chi connectivity index (χ1n) is 9.97. The van der Waals surface area contributed by atoms with E-state index in [9.17, 15) is 4.79 Å². The highest BCUT2D eigenvalue weighted by atomic mass is 16.5. The second kappa shape index (κ2) is 9.13. The third-order valence-corrected chi connectivity index (χ3v) is 4.86. The summed E-state index contributed by atoms with van der Waals surface area (Å²) in [7, 11) is 1.64. The van der Waals surface area contributed by atoms with Crippen molar-refractivity contribution in [2.45, 2.75) is 6.92 Å². The molecular formula is C26H23N3O2. The number of benzene rings is 3. The van der Waals surface area contributed by atoms with Crippen molar-refractivity contribution in [1.29, 1.82) is 0 Å². The maximum Gasteiger partial charge on any atom is 0.248 e. The first-order valence-corrected chi connectivity index (χ1v) is 9.97. The van der Waals surface area contributed by atoms with Gasteiger partial charge in [0.25, 0.3) is 0 Å². The fraction of sp³-hybridized carbons (Fsp3) is 0.0769. The van der Waals surface area contributed by atoms with Gasteiger partial charge in [0.15, 0.2) is 0 Å². The number of methoxy groups -OCH3 is 1. The van der Waals surface area contributed by atoms with Gasteiger partial charge < -0.3 is 10.1 Å². The van der Waals surface area contributed by atoms with Gasteiger partial charge in [0, 0.05) is 29.1 Å². The first-order chi connectivity index (χ1) is 15.1. The number of nitrogens with zero attached hydrogens (tertiary/aromatic N) is 2. The monoisotopic (exact) mass is 409 g/mol. The number of rotatable bonds is 6. The zero-order chi connectivity index (χ0) is 21.6. The number of carbonyl (C=O) groups is 1. The van der Waals surface area contributed by atoms with Gasteiger partial charge >= 0.3 is 0 Å². The lowest BCUT2D eigenvalue weighted by Gasteiger charge is -2.03. The number of hydrogen-bond donors (Lipinski definition) is 1. The predicted molar refractivity (Wildman–Crippen MR) is 124 cm³/mol. The van der Waals surface area contributed by atoms with Gasteiger partial charge in [-0.15, -0.1) is 0 Å². The van der Waals surface area contributed by atoms with Gasteiger partial charge in [-0.05, 0) is 61.5 Å². The number of nitrogens with one attached hydrogen (secondary N) is 1. The summed E-state index contributed by atoms with van der Waals surface area (Å²) in [6.45, 7) is 2.01. The van der Waals surface area contributed by atoms with Crippen LogP contribution >= 0.6 is 0 Å². The molecule has 1 aromatic heterocycles. The van der Waals surface area contributed by atoms with Gasteiger partial charge in [0.1, 0.15) is 5.75 Å². The molecule has 0 saturated heterocycles. The molecular weight excluding hydrogens is 386 g/mol. The van der Waals surface area contributed by atoms with Crippen molar-refractivity contribution in [2.75, 3.05) is 12.4 Å². The van der Waals surface area contributed by atoms with Gasteiger partial charge in [0.2, 0.25) is 5.91 Å². The quantitative estimate of drug-likeness (QED) is 0.427. The molecule has 0 spiro atoms. The number of aryl methyl sites for hydroxylation is 1. The standard InChI is InChI=1S/C26H23N3O2/c1-19-8-13-22(14-9-19)27-25(30)17-12-21-18-29(23-6-4-3-5-7-23)28-26(21)20-10-15-24(31-2)16-11-20/h3-18H,1-2H3,(H,27,30)/b17-12+. The Labute approximate surface area is 181 Å². The lowest BCUT2D eigenvalue weighted by atomic mass is 10.1. The molecule has 0 fully saturated rings. The summed E-state index contributed by atoms with van der Waals surface area (Å²) in [5.74, 6) is 0.581. The molecule has 4 rings (SSSR count). The Balaban J connectivity index is 1.64. The molecule has 1 heterocycles. The van der Waals surface area contributed by atoms with E-state index in [1.165, 1.54) is 6.08 Å². The predicted octanol–water partition coefficient (Wildman–Crippen LogP) is 5.51. The lowest BCUT2D eigenvalue weighted by molar-refractivity contribution is -0.111. The minimum Gasteiger partial charge on any atom is -0.497 e. The summed E-state index contributed by atoms with van der Waals surface area (Å²) < 4.78 is 7.08. The molecule has 0 bridgehead atoms. The van der Waals surface area contributed by atoms with Crippen molar-refractivity contribution in [3.8, 4) is 22.7 Å². The molecule has 1 N–H and O–H groups in total. The van der Waals surface area contributed by atoms with Crippen LogP contribution in [0, 0.1) is 6.92 Å². The molecule has 31 heavy (non-hydrogen) atoms. The maximum absolute atomic E-state index is 12.4. The summed E-state index contributed by atoms with van der Waals surface area (Å²) in [5.41, 5.74) is 5.41. The van der Waals surface area contributed by atoms with Crippen LogP contribution in [-0.4, -0.2) is 22.8 Å². The van der Waals surface area contributed by atoms with Gasteiger partial charge in [-0.2, -0.15) is 5.10 Å². The van der Waals surface area contributed by atoms with Crippen molar-refractivity contribution in [3.63, 3.8) is 0 Å². The SMILES string of the molecule is COc1ccc(-c2nn(-c3ccccc3)cc2/C=C/C(=O)Nc2ccc(C)cc2)cc1. The minimum absolute atomic E-state index is 0.197. The van der Waals surface area contributed by atoms with Crippen molar-refractivity contribution < 1.29 is 9.53 Å². The number of amides is 1. The molecule has 3 aromatic carbocycles. The van der Waals surface area contributed by atoms with E-state index < -0.39 is 0 Å². The maximum atomic E-state index is 12.4. The zero-order valence-corrected chi connectivity index (χ0v) is 17.4. The highest BCUT2D eigenvalue weighted by Gasteiger charge is 2.11. The van der Waals surface area contributed by atoms with Crippen LogP contribution < -0.4 is 10.1 Å². The number of aromatic nitrogens is 2. The third kappa shape index (κ3) is 4.90. The van der Waals surface area contributed by atoms with E-state index in [4.69, 9.17) is 9.84 Å². The van der Waals surface area contributed by atoms with E-state index in [0.29, 0.717) is 0 Å². The minimum atomic E-state index is -0.197. The Hall–Kier alpha value is -4.12. The second-order valence-corrected chi connectivity index (χ2v) is 7.13. The molecule has 0 radical (unpaired) electrons. The molecule has 0 aliphatic heterocycles. The van der Waals surface area contributed by atoms with Crippen LogP contribution in [-0.2, 0) is 4.79 Å². The molecule has 0 unspecified atom stereocenters. The van der Waals surface area contributed by atoms with E-state index in [2.05, 4.69) is 5.32 Å². The summed E-state index contributed by atoms with van der Waals surface area (Å²) >= 11 is 0. The molecule has 0 aliphatic carbocycles. The zero-order valence-electron chi connectivity index (χ0n) is 17.4. The van der Waals surface area contributed by atoms with Gasteiger partial charge in [-0.1, -0.05) is 35.9 Å². The van der Waals surface area contributed by atoms with Crippen LogP contribution in [0.3, 0.4) is 0 Å². The Bertz CT molecular complexity index is 1190. The molecule has 1 amide bonds. The van der Waals surface area contributed by atoms with Crippen LogP contribution in [0.1, 0.15) is 11.1 Å². The Morgan fingerprint density at radius 2 is 1.68 bits per heavy atom. The summed E-state index contributed by atoms with van der Waals surface area (Å²) in [6.07, 6.45) is 5.24. The van der Waals surface area contributed by atoms with Crippen LogP contribution in [0.15, 0.2) is 91.1 Å². The van der Waals surface area contributed by atoms with E-state index in [-0.39, 0.29) is 5.91 Å². The number of ether oxygens (including phenoxy) is 1. The second-order valence-electron chi connectivity index (χ2n) is 7.13. The highest BCUT2D eigenvalue weighted by molar-refractivity contribution is 6.02. The van der Waals surface area contributed by atoms with Crippen molar-refractivity contribution in [3.05, 3.63) is 102 Å². The fourth-order valence-corrected chi connectivity index (χ4v) is 3.18. The largest absolute Gasteiger partial charge is 0.497 e. The molecule has 5 heteroatoms. The van der Waals surface area contributed by atoms with E-state index in [1.807, 2.05) is 96.7 Å². The Morgan fingerprint density at radius 3 is 2.35 bits per heavy atom. The smallest absolute Gasteiger partial charge is 0.248 e. The number of hydrogen-bond acceptors (Lipinski definition) is 3. The van der Waals surface area contributed by atoms with E-state index >= 15 is 0 Å². The van der Waals surface area contributed by atoms with Crippen LogP contribution in [0.2, 0.25) is 0 Å². The average Bonchev–Trinajstić information content (AvgIpc) is 3.24. The van der Waals surface area contributed by atoms with E-state index in [1.54, 1.807) is 13.2 Å². The molecule has 0 atom stereocenters. The highest BCUT2D eigenvalue weighted by Crippen LogP contribution is 2.26. The van der Waals surface area contributed by atoms with Crippen LogP contribution in [0.5, 0.6) is 5.75 Å². The summed E-state index contributed by atoms with van der Waals surface area (Å²) in [6, 6.07) is 25.3. The lowest BCUT2D eigenvalue weighted by Crippen LogP contribution is -2.07. The fourth-order valence-electron chi connectivity index (χ4n) is 3.18. The summed E-state index contributed by atoms with van der Waals surface area (Å²) in [4.78, 5) is 12.4. The van der Waals surface area contributed by atoms with Crippen molar-refractivity contribution >= 4 is 17.7 Å². The van der Waals surface area contributed by atoms with Crippen molar-refractivity contribution in [2.24, 2.45) is 0 Å². The number of carbonyl (C=O) groups excluding carboxylic acids is 1. The van der Waals surface area contributed by atoms with E-state index in [0.717, 1.165) is 39.5 Å². The average molecular weight is 409 g/mol. The number of para-hydroxylation sites is 1. The molecule has 5 nitrogen and oxygen atoms in total. The number of anilines is 1. The molecule has 0 aliphatic rings. The first kappa shape index (κ1) is 20.2. The molecule has 0 saturated carbocycles. The van der Waals surface area contributed by atoms with Crippen LogP contribution in [0.4, 0.5) is 5.69 Å². The summed E-state index contributed by atoms with van der Waals surface area (Å²) in [5, 5.41) is 7.65.